The highest BCUT2D eigenvalue weighted by molar-refractivity contribution is 5.89. The number of carbonyl (C=O) groups excluding carboxylic acids is 2. The van der Waals surface area contributed by atoms with Crippen molar-refractivity contribution in [1.82, 2.24) is 10.2 Å². The van der Waals surface area contributed by atoms with Crippen molar-refractivity contribution in [3.05, 3.63) is 0 Å². The molecule has 1 atom stereocenters. The highest BCUT2D eigenvalue weighted by Crippen LogP contribution is 2.20. The zero-order valence-corrected chi connectivity index (χ0v) is 9.45. The van der Waals surface area contributed by atoms with Crippen LogP contribution in [-0.4, -0.2) is 42.9 Å². The number of nitrogens with zero attached hydrogens (tertiary/aromatic N) is 1. The lowest BCUT2D eigenvalue weighted by atomic mass is 9.95. The van der Waals surface area contributed by atoms with Crippen LogP contribution in [0.3, 0.4) is 0 Å². The van der Waals surface area contributed by atoms with Crippen molar-refractivity contribution >= 4 is 11.8 Å². The van der Waals surface area contributed by atoms with Crippen LogP contribution < -0.4 is 11.1 Å². The molecular weight excluding hydrogens is 206 g/mol. The predicted molar refractivity (Wildman–Crippen MR) is 59.5 cm³/mol. The molecule has 5 nitrogen and oxygen atoms in total. The minimum absolute atomic E-state index is 0.00445. The SMILES string of the molecule is NCC1CCN(C(=O)C2CNC(=O)C2)CC1. The Morgan fingerprint density at radius 3 is 2.62 bits per heavy atom. The highest BCUT2D eigenvalue weighted by Gasteiger charge is 2.32. The summed E-state index contributed by atoms with van der Waals surface area (Å²) in [4.78, 5) is 25.0. The molecule has 2 saturated heterocycles. The summed E-state index contributed by atoms with van der Waals surface area (Å²) in [7, 11) is 0. The van der Waals surface area contributed by atoms with E-state index in [1.807, 2.05) is 4.90 Å². The summed E-state index contributed by atoms with van der Waals surface area (Å²) < 4.78 is 0. The van der Waals surface area contributed by atoms with Crippen molar-refractivity contribution in [3.63, 3.8) is 0 Å². The third-order valence-electron chi connectivity index (χ3n) is 3.59. The third kappa shape index (κ3) is 2.35. The maximum atomic E-state index is 12.0. The van der Waals surface area contributed by atoms with Crippen molar-refractivity contribution in [1.29, 1.82) is 0 Å². The van der Waals surface area contributed by atoms with Gasteiger partial charge in [-0.3, -0.25) is 9.59 Å². The van der Waals surface area contributed by atoms with Gasteiger partial charge in [0.2, 0.25) is 11.8 Å². The number of nitrogens with two attached hydrogens (primary N) is 1. The van der Waals surface area contributed by atoms with Crippen LogP contribution in [0.15, 0.2) is 0 Å². The molecule has 0 aromatic rings. The highest BCUT2D eigenvalue weighted by atomic mass is 16.2. The maximum Gasteiger partial charge on any atom is 0.227 e. The summed E-state index contributed by atoms with van der Waals surface area (Å²) in [5.41, 5.74) is 5.61. The zero-order valence-electron chi connectivity index (χ0n) is 9.45. The molecule has 2 amide bonds. The van der Waals surface area contributed by atoms with Gasteiger partial charge in [-0.2, -0.15) is 0 Å². The normalized spacial score (nSPS) is 26.9. The molecule has 16 heavy (non-hydrogen) atoms. The predicted octanol–water partition coefficient (Wildman–Crippen LogP) is -0.680. The van der Waals surface area contributed by atoms with Gasteiger partial charge < -0.3 is 16.0 Å². The fourth-order valence-electron chi connectivity index (χ4n) is 2.43. The topological polar surface area (TPSA) is 75.4 Å². The Morgan fingerprint density at radius 2 is 2.12 bits per heavy atom. The van der Waals surface area contributed by atoms with Crippen molar-refractivity contribution in [2.24, 2.45) is 17.6 Å². The molecule has 2 aliphatic heterocycles. The summed E-state index contributed by atoms with van der Waals surface area (Å²) in [6, 6.07) is 0. The lowest BCUT2D eigenvalue weighted by Gasteiger charge is -2.32. The van der Waals surface area contributed by atoms with Crippen molar-refractivity contribution in [2.75, 3.05) is 26.2 Å². The first-order chi connectivity index (χ1) is 7.70. The van der Waals surface area contributed by atoms with Crippen LogP contribution in [0, 0.1) is 11.8 Å². The second-order valence-corrected chi connectivity index (χ2v) is 4.71. The van der Waals surface area contributed by atoms with Gasteiger partial charge in [-0.25, -0.2) is 0 Å². The van der Waals surface area contributed by atoms with E-state index in [1.54, 1.807) is 0 Å². The Morgan fingerprint density at radius 1 is 1.44 bits per heavy atom. The molecule has 0 aromatic heterocycles. The van der Waals surface area contributed by atoms with Crippen LogP contribution in [0.2, 0.25) is 0 Å². The van der Waals surface area contributed by atoms with E-state index in [1.165, 1.54) is 0 Å². The van der Waals surface area contributed by atoms with E-state index in [2.05, 4.69) is 5.32 Å². The first kappa shape index (κ1) is 11.4. The molecule has 1 unspecified atom stereocenters. The first-order valence-electron chi connectivity index (χ1n) is 5.96. The Kier molecular flexibility index (Phi) is 3.43. The van der Waals surface area contributed by atoms with Crippen LogP contribution in [0.5, 0.6) is 0 Å². The van der Waals surface area contributed by atoms with E-state index < -0.39 is 0 Å². The average Bonchev–Trinajstić information content (AvgIpc) is 2.75. The van der Waals surface area contributed by atoms with E-state index in [9.17, 15) is 9.59 Å². The minimum Gasteiger partial charge on any atom is -0.355 e. The molecule has 0 bridgehead atoms. The smallest absolute Gasteiger partial charge is 0.227 e. The van der Waals surface area contributed by atoms with Crippen LogP contribution in [-0.2, 0) is 9.59 Å². The lowest BCUT2D eigenvalue weighted by Crippen LogP contribution is -2.43. The van der Waals surface area contributed by atoms with Gasteiger partial charge in [0.25, 0.3) is 0 Å². The summed E-state index contributed by atoms with van der Waals surface area (Å²) >= 11 is 0. The molecule has 0 spiro atoms. The monoisotopic (exact) mass is 225 g/mol. The van der Waals surface area contributed by atoms with Gasteiger partial charge in [0.05, 0.1) is 5.92 Å². The van der Waals surface area contributed by atoms with E-state index >= 15 is 0 Å². The van der Waals surface area contributed by atoms with Crippen molar-refractivity contribution < 1.29 is 9.59 Å². The number of likely N-dealkylation sites (tertiary alicyclic amines) is 1. The lowest BCUT2D eigenvalue weighted by molar-refractivity contribution is -0.137. The van der Waals surface area contributed by atoms with Crippen LogP contribution in [0.4, 0.5) is 0 Å². The maximum absolute atomic E-state index is 12.0. The first-order valence-corrected chi connectivity index (χ1v) is 5.96. The fourth-order valence-corrected chi connectivity index (χ4v) is 2.43. The molecule has 90 valence electrons. The molecule has 0 aromatic carbocycles. The number of rotatable bonds is 2. The molecule has 2 heterocycles. The molecule has 2 aliphatic rings. The summed E-state index contributed by atoms with van der Waals surface area (Å²) in [6.07, 6.45) is 2.35. The van der Waals surface area contributed by atoms with Gasteiger partial charge in [-0.1, -0.05) is 0 Å². The Hall–Kier alpha value is -1.10. The number of piperidine rings is 1. The standard InChI is InChI=1S/C11H19N3O2/c12-6-8-1-3-14(4-2-8)11(16)9-5-10(15)13-7-9/h8-9H,1-7,12H2,(H,13,15). The van der Waals surface area contributed by atoms with E-state index in [4.69, 9.17) is 5.73 Å². The second-order valence-electron chi connectivity index (χ2n) is 4.71. The van der Waals surface area contributed by atoms with Crippen molar-refractivity contribution in [3.8, 4) is 0 Å². The van der Waals surface area contributed by atoms with Gasteiger partial charge in [0.15, 0.2) is 0 Å². The van der Waals surface area contributed by atoms with Gasteiger partial charge >= 0.3 is 0 Å². The number of amides is 2. The van der Waals surface area contributed by atoms with Crippen LogP contribution >= 0.6 is 0 Å². The molecule has 2 rings (SSSR count). The molecule has 5 heteroatoms. The second kappa shape index (κ2) is 4.82. The van der Waals surface area contributed by atoms with Gasteiger partial charge in [0.1, 0.15) is 0 Å². The Balaban J connectivity index is 1.84. The summed E-state index contributed by atoms with van der Waals surface area (Å²) in [5.74, 6) is 0.554. The van der Waals surface area contributed by atoms with Gasteiger partial charge in [-0.15, -0.1) is 0 Å². The fraction of sp³-hybridized carbons (Fsp3) is 0.818. The summed E-state index contributed by atoms with van der Waals surface area (Å²) in [6.45, 7) is 2.82. The van der Waals surface area contributed by atoms with Gasteiger partial charge in [-0.05, 0) is 25.3 Å². The molecule has 2 fully saturated rings. The molecule has 0 radical (unpaired) electrons. The third-order valence-corrected chi connectivity index (χ3v) is 3.59. The molecular formula is C11H19N3O2. The van der Waals surface area contributed by atoms with E-state index in [-0.39, 0.29) is 17.7 Å². The number of nitrogens with one attached hydrogen (secondary N) is 1. The largest absolute Gasteiger partial charge is 0.355 e. The Labute approximate surface area is 95.3 Å². The van der Waals surface area contributed by atoms with Crippen LogP contribution in [0.1, 0.15) is 19.3 Å². The van der Waals surface area contributed by atoms with Crippen molar-refractivity contribution in [2.45, 2.75) is 19.3 Å². The van der Waals surface area contributed by atoms with E-state index in [0.717, 1.165) is 25.9 Å². The average molecular weight is 225 g/mol. The number of carbonyl (C=O) groups is 2. The van der Waals surface area contributed by atoms with E-state index in [0.29, 0.717) is 25.4 Å². The zero-order chi connectivity index (χ0) is 11.5. The number of hydrogen-bond donors (Lipinski definition) is 2. The molecule has 0 saturated carbocycles. The summed E-state index contributed by atoms with van der Waals surface area (Å²) in [5, 5.41) is 2.70. The quantitative estimate of drug-likeness (QED) is 0.654. The van der Waals surface area contributed by atoms with Gasteiger partial charge in [0, 0.05) is 26.1 Å². The van der Waals surface area contributed by atoms with Crippen LogP contribution in [0.25, 0.3) is 0 Å². The molecule has 3 N–H and O–H groups in total. The Bertz CT molecular complexity index is 285. The molecule has 0 aliphatic carbocycles. The number of hydrogen-bond acceptors (Lipinski definition) is 3. The minimum atomic E-state index is -0.137.